The number of amides is 1. The lowest BCUT2D eigenvalue weighted by molar-refractivity contribution is 0.0990. The van der Waals surface area contributed by atoms with E-state index in [-0.39, 0.29) is 11.8 Å². The summed E-state index contributed by atoms with van der Waals surface area (Å²) in [6, 6.07) is 15.0. The zero-order valence-electron chi connectivity index (χ0n) is 23.5. The van der Waals surface area contributed by atoms with Crippen LogP contribution in [0, 0.1) is 12.8 Å². The smallest absolute Gasteiger partial charge is 0.258 e. The number of aryl methyl sites for hydroxylation is 3. The normalized spacial score (nSPS) is 19.8. The Morgan fingerprint density at radius 2 is 1.84 bits per heavy atom. The van der Waals surface area contributed by atoms with E-state index in [1.54, 1.807) is 4.90 Å². The van der Waals surface area contributed by atoms with Crippen LogP contribution in [-0.4, -0.2) is 36.0 Å². The molecule has 0 spiro atoms. The number of rotatable bonds is 6. The Morgan fingerprint density at radius 3 is 2.63 bits per heavy atom. The summed E-state index contributed by atoms with van der Waals surface area (Å²) in [7, 11) is 1.84. The van der Waals surface area contributed by atoms with Gasteiger partial charge in [0, 0.05) is 37.8 Å². The highest BCUT2D eigenvalue weighted by Crippen LogP contribution is 2.34. The SMILES string of the molecule is CCC1CCCN(c2ccc(CCc3ncc4c(n3)CC(CC)c3ccccc3C(=O)N4C)c(C)c2)CC1. The molecule has 5 rings (SSSR count). The molecule has 2 aliphatic heterocycles. The maximum absolute atomic E-state index is 13.3. The van der Waals surface area contributed by atoms with Crippen molar-refractivity contribution >= 4 is 17.3 Å². The summed E-state index contributed by atoms with van der Waals surface area (Å²) >= 11 is 0. The molecule has 3 heterocycles. The molecule has 3 aromatic rings. The van der Waals surface area contributed by atoms with Crippen LogP contribution in [-0.2, 0) is 19.3 Å². The summed E-state index contributed by atoms with van der Waals surface area (Å²) in [4.78, 5) is 27.3. The fraction of sp³-hybridized carbons (Fsp3) is 0.485. The Kier molecular flexibility index (Phi) is 8.11. The standard InChI is InChI=1S/C33H42N4O/c1-5-24-10-9-18-37(19-17-24)27-15-13-26(23(3)20-27)14-16-32-34-22-31-30(35-32)21-25(6-2)28-11-7-8-12-29(28)33(38)36(31)4/h7-8,11-13,15,20,22,24-25H,5-6,9-10,14,16-19,21H2,1-4H3. The quantitative estimate of drug-likeness (QED) is 0.361. The van der Waals surface area contributed by atoms with Crippen molar-refractivity contribution in [2.75, 3.05) is 29.9 Å². The lowest BCUT2D eigenvalue weighted by Gasteiger charge is -2.28. The molecular formula is C33H42N4O. The largest absolute Gasteiger partial charge is 0.372 e. The molecule has 0 radical (unpaired) electrons. The van der Waals surface area contributed by atoms with Gasteiger partial charge in [-0.2, -0.15) is 0 Å². The second-order valence-electron chi connectivity index (χ2n) is 11.2. The molecule has 1 aromatic heterocycles. The molecule has 1 fully saturated rings. The van der Waals surface area contributed by atoms with Gasteiger partial charge in [-0.3, -0.25) is 4.79 Å². The van der Waals surface area contributed by atoms with E-state index in [0.29, 0.717) is 0 Å². The van der Waals surface area contributed by atoms with Gasteiger partial charge < -0.3 is 9.80 Å². The minimum Gasteiger partial charge on any atom is -0.372 e. The highest BCUT2D eigenvalue weighted by atomic mass is 16.2. The van der Waals surface area contributed by atoms with Crippen molar-refractivity contribution in [3.8, 4) is 0 Å². The van der Waals surface area contributed by atoms with Crippen LogP contribution in [0.1, 0.15) is 90.4 Å². The van der Waals surface area contributed by atoms with Crippen LogP contribution >= 0.6 is 0 Å². The minimum absolute atomic E-state index is 0.0155. The zero-order valence-corrected chi connectivity index (χ0v) is 23.5. The molecule has 1 amide bonds. The molecule has 2 atom stereocenters. The van der Waals surface area contributed by atoms with Crippen LogP contribution in [0.4, 0.5) is 11.4 Å². The lowest BCUT2D eigenvalue weighted by atomic mass is 9.86. The number of hydrogen-bond acceptors (Lipinski definition) is 4. The Labute approximate surface area is 228 Å². The van der Waals surface area contributed by atoms with E-state index in [2.05, 4.69) is 49.9 Å². The summed E-state index contributed by atoms with van der Waals surface area (Å²) in [6.07, 6.45) is 10.6. The summed E-state index contributed by atoms with van der Waals surface area (Å²) < 4.78 is 0. The molecule has 1 saturated heterocycles. The van der Waals surface area contributed by atoms with Crippen molar-refractivity contribution in [1.29, 1.82) is 0 Å². The van der Waals surface area contributed by atoms with Gasteiger partial charge in [0.25, 0.3) is 5.91 Å². The molecule has 0 aliphatic carbocycles. The van der Waals surface area contributed by atoms with Gasteiger partial charge in [-0.1, -0.05) is 44.5 Å². The van der Waals surface area contributed by atoms with E-state index < -0.39 is 0 Å². The molecule has 38 heavy (non-hydrogen) atoms. The maximum Gasteiger partial charge on any atom is 0.258 e. The molecule has 5 heteroatoms. The average molecular weight is 511 g/mol. The predicted octanol–water partition coefficient (Wildman–Crippen LogP) is 6.91. The Balaban J connectivity index is 1.31. The van der Waals surface area contributed by atoms with Crippen LogP contribution in [0.5, 0.6) is 0 Å². The fourth-order valence-electron chi connectivity index (χ4n) is 6.28. The summed E-state index contributed by atoms with van der Waals surface area (Å²) in [6.45, 7) is 9.09. The van der Waals surface area contributed by atoms with Gasteiger partial charge in [-0.25, -0.2) is 9.97 Å². The molecule has 2 unspecified atom stereocenters. The van der Waals surface area contributed by atoms with Gasteiger partial charge >= 0.3 is 0 Å². The molecule has 2 aromatic carbocycles. The third-order valence-electron chi connectivity index (χ3n) is 8.86. The van der Waals surface area contributed by atoms with Crippen molar-refractivity contribution in [2.45, 2.75) is 78.1 Å². The Bertz CT molecular complexity index is 1290. The van der Waals surface area contributed by atoms with E-state index in [9.17, 15) is 4.79 Å². The van der Waals surface area contributed by atoms with Gasteiger partial charge in [0.2, 0.25) is 0 Å². The van der Waals surface area contributed by atoms with E-state index in [1.165, 1.54) is 55.6 Å². The van der Waals surface area contributed by atoms with Crippen LogP contribution in [0.15, 0.2) is 48.7 Å². The number of carbonyl (C=O) groups is 1. The Morgan fingerprint density at radius 1 is 1.00 bits per heavy atom. The second-order valence-corrected chi connectivity index (χ2v) is 11.2. The van der Waals surface area contributed by atoms with Crippen LogP contribution < -0.4 is 9.80 Å². The number of benzene rings is 2. The Hall–Kier alpha value is -3.21. The van der Waals surface area contributed by atoms with Crippen molar-refractivity contribution in [2.24, 2.45) is 5.92 Å². The topological polar surface area (TPSA) is 49.3 Å². The number of anilines is 2. The highest BCUT2D eigenvalue weighted by molar-refractivity contribution is 6.07. The number of aromatic nitrogens is 2. The van der Waals surface area contributed by atoms with Gasteiger partial charge in [0.1, 0.15) is 5.82 Å². The molecule has 5 nitrogen and oxygen atoms in total. The lowest BCUT2D eigenvalue weighted by Crippen LogP contribution is -2.31. The molecule has 0 N–H and O–H groups in total. The molecule has 200 valence electrons. The minimum atomic E-state index is 0.0155. The first-order valence-electron chi connectivity index (χ1n) is 14.5. The van der Waals surface area contributed by atoms with Gasteiger partial charge in [0.15, 0.2) is 0 Å². The van der Waals surface area contributed by atoms with Crippen molar-refractivity contribution in [3.63, 3.8) is 0 Å². The average Bonchev–Trinajstić information content (AvgIpc) is 3.20. The van der Waals surface area contributed by atoms with E-state index >= 15 is 0 Å². The molecular weight excluding hydrogens is 468 g/mol. The van der Waals surface area contributed by atoms with Crippen LogP contribution in [0.2, 0.25) is 0 Å². The number of carbonyl (C=O) groups excluding carboxylic acids is 1. The summed E-state index contributed by atoms with van der Waals surface area (Å²) in [5, 5.41) is 0. The first kappa shape index (κ1) is 26.4. The molecule has 0 saturated carbocycles. The second kappa shape index (κ2) is 11.7. The zero-order chi connectivity index (χ0) is 26.6. The molecule has 2 aliphatic rings. The maximum atomic E-state index is 13.3. The van der Waals surface area contributed by atoms with E-state index in [4.69, 9.17) is 9.97 Å². The first-order valence-corrected chi connectivity index (χ1v) is 14.5. The van der Waals surface area contributed by atoms with Crippen LogP contribution in [0.3, 0.4) is 0 Å². The summed E-state index contributed by atoms with van der Waals surface area (Å²) in [5.41, 5.74) is 7.79. The highest BCUT2D eigenvalue weighted by Gasteiger charge is 2.28. The summed E-state index contributed by atoms with van der Waals surface area (Å²) in [5.74, 6) is 2.02. The van der Waals surface area contributed by atoms with Crippen LogP contribution in [0.25, 0.3) is 0 Å². The van der Waals surface area contributed by atoms with E-state index in [1.807, 2.05) is 31.4 Å². The van der Waals surface area contributed by atoms with Crippen molar-refractivity contribution in [3.05, 3.63) is 82.4 Å². The molecule has 0 bridgehead atoms. The van der Waals surface area contributed by atoms with Gasteiger partial charge in [-0.15, -0.1) is 0 Å². The van der Waals surface area contributed by atoms with Gasteiger partial charge in [-0.05, 0) is 92.2 Å². The third-order valence-corrected chi connectivity index (χ3v) is 8.86. The number of nitrogens with zero attached hydrogens (tertiary/aromatic N) is 4. The van der Waals surface area contributed by atoms with Crippen molar-refractivity contribution in [1.82, 2.24) is 9.97 Å². The van der Waals surface area contributed by atoms with E-state index in [0.717, 1.165) is 59.9 Å². The third kappa shape index (κ3) is 5.48. The van der Waals surface area contributed by atoms with Crippen molar-refractivity contribution < 1.29 is 4.79 Å². The van der Waals surface area contributed by atoms with Gasteiger partial charge in [0.05, 0.1) is 17.6 Å². The predicted molar refractivity (Wildman–Crippen MR) is 156 cm³/mol. The first-order chi connectivity index (χ1) is 18.5. The fourth-order valence-corrected chi connectivity index (χ4v) is 6.28. The monoisotopic (exact) mass is 510 g/mol. The number of hydrogen-bond donors (Lipinski definition) is 0. The number of fused-ring (bicyclic) bond motifs is 2.